The predicted octanol–water partition coefficient (Wildman–Crippen LogP) is -4.07. The molecule has 0 saturated heterocycles. The Morgan fingerprint density at radius 2 is 0.640 bits per heavy atom. The van der Waals surface area contributed by atoms with Crippen molar-refractivity contribution in [2.24, 2.45) is 40.5 Å². The molecule has 0 bridgehead atoms. The molecule has 0 radical (unpaired) electrons. The number of nitrogens with two attached hydrogens (primary N) is 5. The molecule has 0 aliphatic rings. The van der Waals surface area contributed by atoms with E-state index in [0.29, 0.717) is 42.4 Å². The highest BCUT2D eigenvalue weighted by Gasteiger charge is 2.37. The summed E-state index contributed by atoms with van der Waals surface area (Å²) in [5, 5.41) is 48.4. The van der Waals surface area contributed by atoms with Crippen LogP contribution in [0.25, 0.3) is 0 Å². The van der Waals surface area contributed by atoms with Crippen LogP contribution in [0.2, 0.25) is 0 Å². The summed E-state index contributed by atoms with van der Waals surface area (Å²) in [5.74, 6) is -13.1. The van der Waals surface area contributed by atoms with Crippen LogP contribution in [0.4, 0.5) is 0 Å². The number of hydrogen-bond donors (Lipinski definition) is 20. The lowest BCUT2D eigenvalue weighted by atomic mass is 9.99. The van der Waals surface area contributed by atoms with Gasteiger partial charge in [0.25, 0.3) is 0 Å². The van der Waals surface area contributed by atoms with E-state index < -0.39 is 175 Å². The van der Waals surface area contributed by atoms with E-state index in [2.05, 4.69) is 83.7 Å². The standard InChI is InChI=1S/C67H102N16O15S2/c1-38(2)28-47(76-59(90)45(25-15-17-27-69)74-65(96)52(34-84)81-57(88)43(70)36-99)60(91)78-49(31-41-20-10-6-11-21-41)62(93)73-44(24-14-16-26-68)58(89)77-48(29-39(3)4)61(92)83-54(37-100)67(98)80-51(33-55(71)86)64(95)79-50(32-42-22-12-7-13-23-42)63(94)82-53(35-85)66(97)75-46(56(72)87)30-40-18-8-5-9-19-40/h5-13,18-23,38-39,43-54,84-85,99-100H,14-17,24-37,68-70H2,1-4H3,(H2,71,86)(H2,72,87)(H,73,93)(H,74,96)(H,75,97)(H,76,90)(H,77,89)(H,78,91)(H,79,95)(H,80,98)(H,81,88)(H,82,94)(H,83,92)/t43-,44-,45-,46-,47-,48-,49-,50-,51-,52-,53-,54-/m0/s1. The molecule has 552 valence electrons. The Labute approximate surface area is 593 Å². The van der Waals surface area contributed by atoms with Crippen LogP contribution < -0.4 is 87.2 Å². The SMILES string of the molecule is CC(C)C[C@H](NC(=O)[C@H](CCCCN)NC(=O)[C@H](Cc1ccccc1)NC(=O)[C@H](CC(C)C)NC(=O)[C@H](CCCCN)NC(=O)[C@H](CO)NC(=O)[C@@H](N)CS)C(=O)N[C@@H](CS)C(=O)N[C@@H](CC(N)=O)C(=O)N[C@@H](Cc1ccccc1)C(=O)N[C@@H](CO)C(=O)N[C@@H](Cc1ccccc1)C(N)=O. The molecule has 0 unspecified atom stereocenters. The van der Waals surface area contributed by atoms with Crippen LogP contribution in [0.1, 0.15) is 102 Å². The zero-order chi connectivity index (χ0) is 74.4. The second kappa shape index (κ2) is 45.8. The molecular formula is C67H102N16O15S2. The van der Waals surface area contributed by atoms with E-state index in [0.717, 1.165) is 0 Å². The molecular weight excluding hydrogens is 1330 g/mol. The number of thiol groups is 2. The van der Waals surface area contributed by atoms with E-state index in [1.807, 2.05) is 0 Å². The number of benzene rings is 3. The molecule has 0 saturated carbocycles. The normalized spacial score (nSPS) is 14.8. The van der Waals surface area contributed by atoms with Crippen molar-refractivity contribution in [3.63, 3.8) is 0 Å². The lowest BCUT2D eigenvalue weighted by Gasteiger charge is -2.29. The van der Waals surface area contributed by atoms with Crippen molar-refractivity contribution in [3.05, 3.63) is 108 Å². The third kappa shape index (κ3) is 31.2. The van der Waals surface area contributed by atoms with Crippen molar-refractivity contribution < 1.29 is 72.5 Å². The third-order valence-corrected chi connectivity index (χ3v) is 16.4. The number of carbonyl (C=O) groups is 13. The molecule has 31 nitrogen and oxygen atoms in total. The zero-order valence-corrected chi connectivity index (χ0v) is 58.7. The molecule has 23 N–H and O–H groups in total. The van der Waals surface area contributed by atoms with Crippen molar-refractivity contribution in [2.45, 2.75) is 177 Å². The first-order valence-electron chi connectivity index (χ1n) is 33.2. The number of amides is 13. The summed E-state index contributed by atoms with van der Waals surface area (Å²) in [7, 11) is 0. The van der Waals surface area contributed by atoms with Crippen molar-refractivity contribution >= 4 is 102 Å². The summed E-state index contributed by atoms with van der Waals surface area (Å²) in [6.07, 6.45) is 0.293. The van der Waals surface area contributed by atoms with Crippen LogP contribution in [0.5, 0.6) is 0 Å². The lowest BCUT2D eigenvalue weighted by Crippen LogP contribution is -2.62. The third-order valence-electron chi connectivity index (χ3n) is 15.6. The van der Waals surface area contributed by atoms with Gasteiger partial charge in [-0.1, -0.05) is 119 Å². The maximum Gasteiger partial charge on any atom is 0.245 e. The minimum Gasteiger partial charge on any atom is -0.394 e. The predicted molar refractivity (Wildman–Crippen MR) is 379 cm³/mol. The second-order valence-corrected chi connectivity index (χ2v) is 25.7. The number of nitrogens with one attached hydrogen (secondary N) is 11. The highest BCUT2D eigenvalue weighted by Crippen LogP contribution is 2.14. The molecule has 3 aromatic carbocycles. The quantitative estimate of drug-likeness (QED) is 0.0189. The lowest BCUT2D eigenvalue weighted by molar-refractivity contribution is -0.136. The van der Waals surface area contributed by atoms with Gasteiger partial charge in [-0.25, -0.2) is 0 Å². The fourth-order valence-corrected chi connectivity index (χ4v) is 10.6. The summed E-state index contributed by atoms with van der Waals surface area (Å²) in [6, 6.07) is 8.14. The van der Waals surface area contributed by atoms with Crippen LogP contribution in [0, 0.1) is 11.8 Å². The van der Waals surface area contributed by atoms with Gasteiger partial charge in [0, 0.05) is 30.8 Å². The highest BCUT2D eigenvalue weighted by molar-refractivity contribution is 7.80. The molecule has 3 aromatic rings. The summed E-state index contributed by atoms with van der Waals surface area (Å²) in [5.41, 5.74) is 30.2. The highest BCUT2D eigenvalue weighted by atomic mass is 32.1. The molecule has 0 fully saturated rings. The number of carbonyl (C=O) groups excluding carboxylic acids is 13. The fourth-order valence-electron chi connectivity index (χ4n) is 10.2. The van der Waals surface area contributed by atoms with Gasteiger partial charge < -0.3 is 97.4 Å². The van der Waals surface area contributed by atoms with Crippen molar-refractivity contribution in [3.8, 4) is 0 Å². The van der Waals surface area contributed by atoms with Gasteiger partial charge in [-0.15, -0.1) is 0 Å². The van der Waals surface area contributed by atoms with E-state index in [1.54, 1.807) is 119 Å². The first-order valence-corrected chi connectivity index (χ1v) is 34.5. The molecule has 100 heavy (non-hydrogen) atoms. The molecule has 0 spiro atoms. The van der Waals surface area contributed by atoms with Gasteiger partial charge >= 0.3 is 0 Å². The number of unbranched alkanes of at least 4 members (excludes halogenated alkanes) is 2. The number of primary amides is 2. The topological polar surface area (TPSA) is 525 Å². The Bertz CT molecular complexity index is 3140. The van der Waals surface area contributed by atoms with E-state index in [9.17, 15) is 72.5 Å². The summed E-state index contributed by atoms with van der Waals surface area (Å²) in [6.45, 7) is 5.73. The van der Waals surface area contributed by atoms with Crippen molar-refractivity contribution in [1.82, 2.24) is 58.5 Å². The molecule has 12 atom stereocenters. The first-order chi connectivity index (χ1) is 47.6. The fraction of sp³-hybridized carbons (Fsp3) is 0.537. The number of rotatable bonds is 47. The molecule has 0 aromatic heterocycles. The smallest absolute Gasteiger partial charge is 0.245 e. The van der Waals surface area contributed by atoms with Crippen molar-refractivity contribution in [1.29, 1.82) is 0 Å². The van der Waals surface area contributed by atoms with Gasteiger partial charge in [0.2, 0.25) is 76.8 Å². The zero-order valence-electron chi connectivity index (χ0n) is 57.0. The minimum atomic E-state index is -1.80. The van der Waals surface area contributed by atoms with Gasteiger partial charge in [-0.3, -0.25) is 62.3 Å². The van der Waals surface area contributed by atoms with Crippen LogP contribution in [-0.2, 0) is 81.6 Å². The van der Waals surface area contributed by atoms with E-state index >= 15 is 0 Å². The molecule has 33 heteroatoms. The van der Waals surface area contributed by atoms with E-state index in [1.165, 1.54) is 0 Å². The summed E-state index contributed by atoms with van der Waals surface area (Å²) < 4.78 is 0. The second-order valence-electron chi connectivity index (χ2n) is 25.0. The maximum atomic E-state index is 14.7. The molecule has 0 heterocycles. The maximum absolute atomic E-state index is 14.7. The first kappa shape index (κ1) is 85.5. The Morgan fingerprint density at radius 3 is 0.980 bits per heavy atom. The van der Waals surface area contributed by atoms with Gasteiger partial charge in [0.1, 0.15) is 66.5 Å². The van der Waals surface area contributed by atoms with Gasteiger partial charge in [-0.2, -0.15) is 25.3 Å². The summed E-state index contributed by atoms with van der Waals surface area (Å²) in [4.78, 5) is 179. The molecule has 13 amide bonds. The Morgan fingerprint density at radius 1 is 0.360 bits per heavy atom. The van der Waals surface area contributed by atoms with E-state index in [4.69, 9.17) is 28.7 Å². The van der Waals surface area contributed by atoms with Crippen molar-refractivity contribution in [2.75, 3.05) is 37.8 Å². The minimum absolute atomic E-state index is 0.0178. The van der Waals surface area contributed by atoms with E-state index in [-0.39, 0.29) is 75.6 Å². The molecule has 0 aliphatic carbocycles. The van der Waals surface area contributed by atoms with Crippen LogP contribution in [0.3, 0.4) is 0 Å². The Hall–Kier alpha value is -8.73. The van der Waals surface area contributed by atoms with Gasteiger partial charge in [0.15, 0.2) is 0 Å². The number of aliphatic hydroxyl groups is 2. The molecule has 0 aliphatic heterocycles. The molecule has 3 rings (SSSR count). The average molecular weight is 1440 g/mol. The monoisotopic (exact) mass is 1430 g/mol. The summed E-state index contributed by atoms with van der Waals surface area (Å²) >= 11 is 8.30. The van der Waals surface area contributed by atoms with Gasteiger partial charge in [-0.05, 0) is 93.0 Å². The van der Waals surface area contributed by atoms with Crippen LogP contribution in [-0.4, -0.2) is 197 Å². The Balaban J connectivity index is 1.91. The van der Waals surface area contributed by atoms with Crippen LogP contribution >= 0.6 is 25.3 Å². The Kier molecular flexibility index (Phi) is 39.2. The average Bonchev–Trinajstić information content (AvgIpc) is 0.877. The largest absolute Gasteiger partial charge is 0.394 e. The van der Waals surface area contributed by atoms with Crippen LogP contribution in [0.15, 0.2) is 91.0 Å². The van der Waals surface area contributed by atoms with Gasteiger partial charge in [0.05, 0.1) is 25.7 Å². The number of hydrogen-bond acceptors (Lipinski definition) is 20. The number of aliphatic hydroxyl groups excluding tert-OH is 2.